The quantitative estimate of drug-likeness (QED) is 0.919. The van der Waals surface area contributed by atoms with Crippen molar-refractivity contribution in [1.82, 2.24) is 15.4 Å². The largest absolute Gasteiger partial charge is 0.361 e. The van der Waals surface area contributed by atoms with E-state index in [9.17, 15) is 9.18 Å². The van der Waals surface area contributed by atoms with Gasteiger partial charge >= 0.3 is 0 Å². The van der Waals surface area contributed by atoms with Gasteiger partial charge in [0.15, 0.2) is 0 Å². The smallest absolute Gasteiger partial charge is 0.224 e. The molecule has 2 aromatic rings. The molecule has 1 amide bonds. The molecule has 1 N–H and O–H groups in total. The van der Waals surface area contributed by atoms with Gasteiger partial charge in [0.2, 0.25) is 5.91 Å². The Labute approximate surface area is 134 Å². The van der Waals surface area contributed by atoms with Crippen molar-refractivity contribution >= 4 is 5.91 Å². The summed E-state index contributed by atoms with van der Waals surface area (Å²) >= 11 is 0. The van der Waals surface area contributed by atoms with Gasteiger partial charge in [-0.25, -0.2) is 4.39 Å². The van der Waals surface area contributed by atoms with Crippen LogP contribution in [0.15, 0.2) is 34.9 Å². The Morgan fingerprint density at radius 3 is 2.91 bits per heavy atom. The second-order valence-corrected chi connectivity index (χ2v) is 5.99. The zero-order valence-corrected chi connectivity index (χ0v) is 13.1. The average molecular weight is 317 g/mol. The van der Waals surface area contributed by atoms with Gasteiger partial charge in [-0.2, -0.15) is 0 Å². The van der Waals surface area contributed by atoms with Crippen LogP contribution in [0.3, 0.4) is 0 Å². The standard InChI is InChI=1S/C17H20FN3O2/c1-12-8-16(20-23-12)9-19-17(22)14-6-7-21(11-14)10-13-2-4-15(18)5-3-13/h2-5,8,14H,6-7,9-11H2,1H3,(H,19,22). The lowest BCUT2D eigenvalue weighted by molar-refractivity contribution is -0.124. The predicted molar refractivity (Wildman–Crippen MR) is 82.9 cm³/mol. The summed E-state index contributed by atoms with van der Waals surface area (Å²) in [7, 11) is 0. The summed E-state index contributed by atoms with van der Waals surface area (Å²) in [6, 6.07) is 8.33. The highest BCUT2D eigenvalue weighted by molar-refractivity contribution is 5.79. The molecule has 0 radical (unpaired) electrons. The van der Waals surface area contributed by atoms with Crippen LogP contribution in [0.2, 0.25) is 0 Å². The molecule has 0 aliphatic carbocycles. The van der Waals surface area contributed by atoms with E-state index in [1.807, 2.05) is 13.0 Å². The van der Waals surface area contributed by atoms with Crippen molar-refractivity contribution < 1.29 is 13.7 Å². The van der Waals surface area contributed by atoms with Crippen LogP contribution < -0.4 is 5.32 Å². The number of rotatable bonds is 5. The Bertz CT molecular complexity index is 669. The van der Waals surface area contributed by atoms with Crippen LogP contribution in [-0.2, 0) is 17.9 Å². The summed E-state index contributed by atoms with van der Waals surface area (Å²) in [5, 5.41) is 6.77. The number of nitrogens with one attached hydrogen (secondary N) is 1. The normalized spacial score (nSPS) is 18.3. The Kier molecular flexibility index (Phi) is 4.71. The minimum absolute atomic E-state index is 0.0107. The van der Waals surface area contributed by atoms with Crippen LogP contribution in [0.5, 0.6) is 0 Å². The third-order valence-corrected chi connectivity index (χ3v) is 4.08. The van der Waals surface area contributed by atoms with Crippen molar-refractivity contribution in [3.63, 3.8) is 0 Å². The second-order valence-electron chi connectivity index (χ2n) is 5.99. The molecule has 1 aromatic heterocycles. The first kappa shape index (κ1) is 15.7. The fourth-order valence-corrected chi connectivity index (χ4v) is 2.86. The summed E-state index contributed by atoms with van der Waals surface area (Å²) in [6.45, 7) is 4.55. The zero-order chi connectivity index (χ0) is 16.2. The van der Waals surface area contributed by atoms with Gasteiger partial charge in [-0.3, -0.25) is 9.69 Å². The second kappa shape index (κ2) is 6.91. The number of hydrogen-bond acceptors (Lipinski definition) is 4. The number of carbonyl (C=O) groups is 1. The van der Waals surface area contributed by atoms with Gasteiger partial charge in [0.05, 0.1) is 12.5 Å². The average Bonchev–Trinajstić information content (AvgIpc) is 3.16. The van der Waals surface area contributed by atoms with Gasteiger partial charge in [-0.05, 0) is 37.6 Å². The summed E-state index contributed by atoms with van der Waals surface area (Å²) in [6.07, 6.45) is 0.838. The van der Waals surface area contributed by atoms with E-state index in [4.69, 9.17) is 4.52 Å². The lowest BCUT2D eigenvalue weighted by atomic mass is 10.1. The Morgan fingerprint density at radius 1 is 1.43 bits per heavy atom. The number of likely N-dealkylation sites (tertiary alicyclic amines) is 1. The number of aromatic nitrogens is 1. The SMILES string of the molecule is Cc1cc(CNC(=O)C2CCN(Cc3ccc(F)cc3)C2)no1. The van der Waals surface area contributed by atoms with Crippen LogP contribution >= 0.6 is 0 Å². The summed E-state index contributed by atoms with van der Waals surface area (Å²) < 4.78 is 17.9. The number of benzene rings is 1. The Morgan fingerprint density at radius 2 is 2.22 bits per heavy atom. The fraction of sp³-hybridized carbons (Fsp3) is 0.412. The fourth-order valence-electron chi connectivity index (χ4n) is 2.86. The molecule has 1 aromatic carbocycles. The maximum atomic E-state index is 12.9. The van der Waals surface area contributed by atoms with Crippen molar-refractivity contribution in [3.05, 3.63) is 53.2 Å². The molecule has 1 fully saturated rings. The zero-order valence-electron chi connectivity index (χ0n) is 13.1. The molecule has 5 nitrogen and oxygen atoms in total. The van der Waals surface area contributed by atoms with Crippen molar-refractivity contribution in [2.45, 2.75) is 26.4 Å². The number of hydrogen-bond donors (Lipinski definition) is 1. The van der Waals surface area contributed by atoms with Crippen LogP contribution in [-0.4, -0.2) is 29.1 Å². The van der Waals surface area contributed by atoms with E-state index >= 15 is 0 Å². The molecule has 1 aliphatic rings. The van der Waals surface area contributed by atoms with E-state index in [0.29, 0.717) is 6.54 Å². The topological polar surface area (TPSA) is 58.4 Å². The van der Waals surface area contributed by atoms with Gasteiger partial charge in [0, 0.05) is 19.2 Å². The molecule has 23 heavy (non-hydrogen) atoms. The summed E-state index contributed by atoms with van der Waals surface area (Å²) in [5.41, 5.74) is 1.79. The van der Waals surface area contributed by atoms with E-state index in [-0.39, 0.29) is 17.6 Å². The van der Waals surface area contributed by atoms with Crippen LogP contribution in [0.25, 0.3) is 0 Å². The third kappa shape index (κ3) is 4.16. The third-order valence-electron chi connectivity index (χ3n) is 4.08. The molecule has 1 saturated heterocycles. The number of nitrogens with zero attached hydrogens (tertiary/aromatic N) is 2. The minimum Gasteiger partial charge on any atom is -0.361 e. The van der Waals surface area contributed by atoms with Gasteiger partial charge in [-0.1, -0.05) is 17.3 Å². The number of amides is 1. The van der Waals surface area contributed by atoms with Gasteiger partial charge in [-0.15, -0.1) is 0 Å². The van der Waals surface area contributed by atoms with Crippen LogP contribution in [0.1, 0.15) is 23.4 Å². The van der Waals surface area contributed by atoms with E-state index in [1.54, 1.807) is 12.1 Å². The van der Waals surface area contributed by atoms with Crippen molar-refractivity contribution in [2.24, 2.45) is 5.92 Å². The van der Waals surface area contributed by atoms with Crippen molar-refractivity contribution in [3.8, 4) is 0 Å². The monoisotopic (exact) mass is 317 g/mol. The van der Waals surface area contributed by atoms with E-state index < -0.39 is 0 Å². The summed E-state index contributed by atoms with van der Waals surface area (Å²) in [5.74, 6) is 0.548. The molecule has 0 saturated carbocycles. The lowest BCUT2D eigenvalue weighted by Crippen LogP contribution is -2.32. The molecule has 1 atom stereocenters. The molecular formula is C17H20FN3O2. The molecule has 1 aliphatic heterocycles. The molecule has 6 heteroatoms. The van der Waals surface area contributed by atoms with Crippen LogP contribution in [0.4, 0.5) is 4.39 Å². The first-order valence-corrected chi connectivity index (χ1v) is 7.77. The van der Waals surface area contributed by atoms with Gasteiger partial charge < -0.3 is 9.84 Å². The van der Waals surface area contributed by atoms with E-state index in [0.717, 1.165) is 43.1 Å². The van der Waals surface area contributed by atoms with Crippen LogP contribution in [0, 0.1) is 18.7 Å². The summed E-state index contributed by atoms with van der Waals surface area (Å²) in [4.78, 5) is 14.4. The molecule has 3 rings (SSSR count). The molecule has 1 unspecified atom stereocenters. The maximum absolute atomic E-state index is 12.9. The molecule has 0 spiro atoms. The molecule has 0 bridgehead atoms. The molecule has 2 heterocycles. The predicted octanol–water partition coefficient (Wildman–Crippen LogP) is 2.26. The van der Waals surface area contributed by atoms with Crippen molar-refractivity contribution in [1.29, 1.82) is 0 Å². The van der Waals surface area contributed by atoms with Gasteiger partial charge in [0.1, 0.15) is 17.3 Å². The Balaban J connectivity index is 1.46. The number of halogens is 1. The Hall–Kier alpha value is -2.21. The highest BCUT2D eigenvalue weighted by atomic mass is 19.1. The van der Waals surface area contributed by atoms with Gasteiger partial charge in [0.25, 0.3) is 0 Å². The number of carbonyl (C=O) groups excluding carboxylic acids is 1. The van der Waals surface area contributed by atoms with E-state index in [1.165, 1.54) is 12.1 Å². The molecule has 122 valence electrons. The highest BCUT2D eigenvalue weighted by Gasteiger charge is 2.28. The van der Waals surface area contributed by atoms with Crippen molar-refractivity contribution in [2.75, 3.05) is 13.1 Å². The molecular weight excluding hydrogens is 297 g/mol. The number of aryl methyl sites for hydroxylation is 1. The first-order chi connectivity index (χ1) is 11.1. The lowest BCUT2D eigenvalue weighted by Gasteiger charge is -2.16. The maximum Gasteiger partial charge on any atom is 0.224 e. The van der Waals surface area contributed by atoms with E-state index in [2.05, 4.69) is 15.4 Å². The minimum atomic E-state index is -0.226. The first-order valence-electron chi connectivity index (χ1n) is 7.77. The highest BCUT2D eigenvalue weighted by Crippen LogP contribution is 2.19.